The molecule has 0 bridgehead atoms. The van der Waals surface area contributed by atoms with E-state index in [2.05, 4.69) is 50.0 Å². The molecule has 0 aliphatic carbocycles. The van der Waals surface area contributed by atoms with Crippen molar-refractivity contribution in [2.45, 2.75) is 45.8 Å². The molecule has 0 spiro atoms. The normalized spacial score (nSPS) is 12.8. The lowest BCUT2D eigenvalue weighted by Crippen LogP contribution is -2.34. The molecule has 3 aromatic heterocycles. The molecule has 0 amide bonds. The monoisotopic (exact) mass is 324 g/mol. The molecule has 0 unspecified atom stereocenters. The fraction of sp³-hybridized carbons (Fsp3) is 0.467. The van der Waals surface area contributed by atoms with Crippen molar-refractivity contribution in [1.29, 1.82) is 0 Å². The van der Waals surface area contributed by atoms with Crippen LogP contribution >= 0.6 is 34.0 Å². The van der Waals surface area contributed by atoms with Crippen LogP contribution in [0.4, 0.5) is 0 Å². The quantitative estimate of drug-likeness (QED) is 0.511. The summed E-state index contributed by atoms with van der Waals surface area (Å²) < 4.78 is 7.80. The largest absolute Gasteiger partial charge is 0.143 e. The highest BCUT2D eigenvalue weighted by Gasteiger charge is 2.21. The van der Waals surface area contributed by atoms with Crippen LogP contribution < -0.4 is 4.50 Å². The van der Waals surface area contributed by atoms with Gasteiger partial charge in [-0.05, 0) is 29.5 Å². The minimum atomic E-state index is -1.15. The van der Waals surface area contributed by atoms with E-state index in [0.29, 0.717) is 0 Å². The van der Waals surface area contributed by atoms with Crippen molar-refractivity contribution in [3.8, 4) is 0 Å². The Labute approximate surface area is 128 Å². The minimum absolute atomic E-state index is 1.15. The van der Waals surface area contributed by atoms with Crippen molar-refractivity contribution < 1.29 is 0 Å². The molecule has 0 saturated heterocycles. The van der Waals surface area contributed by atoms with Gasteiger partial charge in [-0.1, -0.05) is 33.0 Å². The van der Waals surface area contributed by atoms with Gasteiger partial charge in [-0.2, -0.15) is 0 Å². The van der Waals surface area contributed by atoms with Crippen LogP contribution in [0, 0.1) is 0 Å². The number of thiophene rings is 3. The summed E-state index contributed by atoms with van der Waals surface area (Å²) in [5.74, 6) is 0. The first-order valence-corrected chi connectivity index (χ1v) is 12.9. The maximum Gasteiger partial charge on any atom is 0.0904 e. The van der Waals surface area contributed by atoms with Crippen molar-refractivity contribution in [2.24, 2.45) is 0 Å². The van der Waals surface area contributed by atoms with Crippen molar-refractivity contribution in [1.82, 2.24) is 0 Å². The Bertz CT molecular complexity index is 709. The third-order valence-corrected chi connectivity index (χ3v) is 10.8. The van der Waals surface area contributed by atoms with E-state index >= 15 is 0 Å². The summed E-state index contributed by atoms with van der Waals surface area (Å²) in [4.78, 5) is 1.58. The topological polar surface area (TPSA) is 0 Å². The van der Waals surface area contributed by atoms with Crippen LogP contribution in [0.15, 0.2) is 12.1 Å². The summed E-state index contributed by atoms with van der Waals surface area (Å²) >= 11 is 6.09. The predicted octanol–water partition coefficient (Wildman–Crippen LogP) is 6.07. The van der Waals surface area contributed by atoms with Crippen molar-refractivity contribution >= 4 is 65.4 Å². The molecule has 0 fully saturated rings. The van der Waals surface area contributed by atoms with Crippen LogP contribution in [0.25, 0.3) is 18.8 Å². The number of hydrogen-bond donors (Lipinski definition) is 0. The fourth-order valence-electron chi connectivity index (χ4n) is 2.23. The van der Waals surface area contributed by atoms with Gasteiger partial charge < -0.3 is 0 Å². The summed E-state index contributed by atoms with van der Waals surface area (Å²) in [6, 6.07) is 4.90. The molecule has 0 aromatic carbocycles. The lowest BCUT2D eigenvalue weighted by Gasteiger charge is -2.11. The second-order valence-electron chi connectivity index (χ2n) is 6.17. The average molecular weight is 325 g/mol. The van der Waals surface area contributed by atoms with Gasteiger partial charge in [0, 0.05) is 14.3 Å². The highest BCUT2D eigenvalue weighted by Crippen LogP contribution is 2.42. The molecule has 0 aliphatic heterocycles. The van der Waals surface area contributed by atoms with E-state index < -0.39 is 8.07 Å². The molecule has 0 aliphatic rings. The van der Waals surface area contributed by atoms with Crippen molar-refractivity contribution in [3.05, 3.63) is 17.0 Å². The van der Waals surface area contributed by atoms with Gasteiger partial charge in [0.15, 0.2) is 0 Å². The van der Waals surface area contributed by atoms with Gasteiger partial charge in [0.25, 0.3) is 0 Å². The molecule has 0 N–H and O–H groups in total. The lowest BCUT2D eigenvalue weighted by molar-refractivity contribution is 0.804. The molecule has 3 aromatic rings. The van der Waals surface area contributed by atoms with Crippen molar-refractivity contribution in [3.63, 3.8) is 0 Å². The van der Waals surface area contributed by atoms with E-state index in [0.717, 1.165) is 0 Å². The van der Waals surface area contributed by atoms with E-state index in [9.17, 15) is 0 Å². The highest BCUT2D eigenvalue weighted by atomic mass is 32.1. The Hall–Kier alpha value is -0.163. The second kappa shape index (κ2) is 4.99. The first kappa shape index (κ1) is 13.8. The molecule has 19 heavy (non-hydrogen) atoms. The van der Waals surface area contributed by atoms with E-state index in [-0.39, 0.29) is 0 Å². The molecular formula is C15H20S3Si. The smallest absolute Gasteiger partial charge is 0.0904 e. The molecule has 3 rings (SSSR count). The Kier molecular flexibility index (Phi) is 3.62. The summed E-state index contributed by atoms with van der Waals surface area (Å²) in [5.41, 5.74) is 0. The first-order valence-electron chi connectivity index (χ1n) is 6.94. The zero-order valence-electron chi connectivity index (χ0n) is 12.0. The van der Waals surface area contributed by atoms with Gasteiger partial charge in [-0.3, -0.25) is 0 Å². The van der Waals surface area contributed by atoms with Crippen LogP contribution in [0.1, 0.15) is 24.6 Å². The Morgan fingerprint density at radius 2 is 1.63 bits per heavy atom. The van der Waals surface area contributed by atoms with Gasteiger partial charge in [-0.15, -0.1) is 34.0 Å². The second-order valence-corrected chi connectivity index (χ2v) is 14.8. The van der Waals surface area contributed by atoms with Crippen LogP contribution in [-0.4, -0.2) is 8.07 Å². The van der Waals surface area contributed by atoms with Gasteiger partial charge in [0.1, 0.15) is 0 Å². The van der Waals surface area contributed by atoms with Crippen LogP contribution in [0.2, 0.25) is 19.6 Å². The summed E-state index contributed by atoms with van der Waals surface area (Å²) in [6.07, 6.45) is 3.87. The highest BCUT2D eigenvalue weighted by molar-refractivity contribution is 7.42. The standard InChI is InChI=1S/C15H20S3Si/c1-5-6-7-10-8-11-14(16-10)15-12(17-11)9-13(18-15)19(2,3)4/h8-9H,5-7H2,1-4H3. The van der Waals surface area contributed by atoms with E-state index in [1.54, 1.807) is 18.8 Å². The van der Waals surface area contributed by atoms with Crippen LogP contribution in [-0.2, 0) is 6.42 Å². The van der Waals surface area contributed by atoms with Gasteiger partial charge >= 0.3 is 0 Å². The Balaban J connectivity index is 2.06. The minimum Gasteiger partial charge on any atom is -0.143 e. The molecule has 102 valence electrons. The van der Waals surface area contributed by atoms with E-state index in [4.69, 9.17) is 0 Å². The zero-order chi connectivity index (χ0) is 13.6. The SMILES string of the molecule is CCCCc1cc2sc3cc([Si](C)(C)C)sc3c2s1. The maximum atomic E-state index is 2.47. The van der Waals surface area contributed by atoms with Gasteiger partial charge in [0.05, 0.1) is 17.5 Å². The average Bonchev–Trinajstić information content (AvgIpc) is 2.94. The first-order chi connectivity index (χ1) is 8.99. The van der Waals surface area contributed by atoms with E-state index in [1.165, 1.54) is 28.7 Å². The number of unbranched alkanes of at least 4 members (excludes halogenated alkanes) is 1. The molecule has 4 heteroatoms. The Morgan fingerprint density at radius 1 is 0.947 bits per heavy atom. The summed E-state index contributed by atoms with van der Waals surface area (Å²) in [5, 5.41) is 0. The predicted molar refractivity (Wildman–Crippen MR) is 96.7 cm³/mol. The third kappa shape index (κ3) is 2.56. The molecule has 0 radical (unpaired) electrons. The van der Waals surface area contributed by atoms with Crippen LogP contribution in [0.3, 0.4) is 0 Å². The Morgan fingerprint density at radius 3 is 2.32 bits per heavy atom. The summed E-state index contributed by atoms with van der Waals surface area (Å²) in [7, 11) is -1.15. The number of fused-ring (bicyclic) bond motifs is 3. The van der Waals surface area contributed by atoms with Gasteiger partial charge in [0.2, 0.25) is 0 Å². The molecule has 0 saturated carbocycles. The van der Waals surface area contributed by atoms with Crippen molar-refractivity contribution in [2.75, 3.05) is 0 Å². The van der Waals surface area contributed by atoms with E-state index in [1.807, 2.05) is 22.7 Å². The summed E-state index contributed by atoms with van der Waals surface area (Å²) in [6.45, 7) is 9.61. The van der Waals surface area contributed by atoms with Crippen LogP contribution in [0.5, 0.6) is 0 Å². The fourth-order valence-corrected chi connectivity index (χ4v) is 8.28. The number of hydrogen-bond acceptors (Lipinski definition) is 3. The molecule has 3 heterocycles. The molecule has 0 atom stereocenters. The molecular weight excluding hydrogens is 304 g/mol. The lowest BCUT2D eigenvalue weighted by atomic mass is 10.2. The zero-order valence-corrected chi connectivity index (χ0v) is 15.5. The molecule has 0 nitrogen and oxygen atoms in total. The van der Waals surface area contributed by atoms with Gasteiger partial charge in [-0.25, -0.2) is 0 Å². The third-order valence-electron chi connectivity index (χ3n) is 3.39. The number of rotatable bonds is 4. The maximum absolute atomic E-state index is 2.47. The number of aryl methyl sites for hydroxylation is 1.